The molecular formula is C17H21NO4S. The van der Waals surface area contributed by atoms with Crippen LogP contribution in [-0.4, -0.2) is 44.8 Å². The van der Waals surface area contributed by atoms with Gasteiger partial charge < -0.3 is 10.0 Å². The van der Waals surface area contributed by atoms with Gasteiger partial charge in [-0.05, 0) is 26.2 Å². The first-order valence-electron chi connectivity index (χ1n) is 7.77. The lowest BCUT2D eigenvalue weighted by Gasteiger charge is -2.38. The summed E-state index contributed by atoms with van der Waals surface area (Å²) in [4.78, 5) is 37.2. The lowest BCUT2D eigenvalue weighted by molar-refractivity contribution is -0.154. The topological polar surface area (TPSA) is 74.7 Å². The second kappa shape index (κ2) is 8.15. The number of hydrogen-bond acceptors (Lipinski definition) is 4. The fourth-order valence-corrected chi connectivity index (χ4v) is 3.64. The maximum absolute atomic E-state index is 12.4. The second-order valence-corrected chi connectivity index (χ2v) is 6.75. The van der Waals surface area contributed by atoms with Gasteiger partial charge >= 0.3 is 5.97 Å². The zero-order valence-corrected chi connectivity index (χ0v) is 13.9. The quantitative estimate of drug-likeness (QED) is 0.895. The van der Waals surface area contributed by atoms with E-state index in [1.807, 2.05) is 13.0 Å². The van der Waals surface area contributed by atoms with Crippen molar-refractivity contribution in [1.29, 1.82) is 0 Å². The number of benzene rings is 1. The molecule has 0 aromatic heterocycles. The van der Waals surface area contributed by atoms with Crippen LogP contribution in [0.3, 0.4) is 0 Å². The molecular weight excluding hydrogens is 314 g/mol. The van der Waals surface area contributed by atoms with E-state index in [0.29, 0.717) is 17.7 Å². The van der Waals surface area contributed by atoms with E-state index in [1.54, 1.807) is 24.3 Å². The van der Waals surface area contributed by atoms with Gasteiger partial charge in [0.25, 0.3) is 0 Å². The van der Waals surface area contributed by atoms with E-state index in [-0.39, 0.29) is 23.5 Å². The number of rotatable bonds is 5. The lowest BCUT2D eigenvalue weighted by atomic mass is 9.96. The third kappa shape index (κ3) is 4.58. The summed E-state index contributed by atoms with van der Waals surface area (Å²) in [6.45, 7) is 1.88. The number of carbonyl (C=O) groups excluding carboxylic acids is 2. The Hall–Kier alpha value is -1.82. The van der Waals surface area contributed by atoms with Crippen LogP contribution in [0.1, 0.15) is 43.0 Å². The van der Waals surface area contributed by atoms with Crippen molar-refractivity contribution in [2.24, 2.45) is 0 Å². The molecule has 1 aromatic carbocycles. The second-order valence-electron chi connectivity index (χ2n) is 5.69. The monoisotopic (exact) mass is 335 g/mol. The van der Waals surface area contributed by atoms with Gasteiger partial charge in [0.2, 0.25) is 11.0 Å². The van der Waals surface area contributed by atoms with E-state index in [2.05, 4.69) is 0 Å². The number of carboxylic acids is 1. The molecule has 0 saturated carbocycles. The van der Waals surface area contributed by atoms with Crippen molar-refractivity contribution in [2.45, 2.75) is 44.7 Å². The normalized spacial score (nSPS) is 21.0. The van der Waals surface area contributed by atoms with Crippen LogP contribution in [-0.2, 0) is 9.59 Å². The van der Waals surface area contributed by atoms with Crippen LogP contribution in [0.25, 0.3) is 0 Å². The van der Waals surface area contributed by atoms with Crippen LogP contribution in [0.15, 0.2) is 30.3 Å². The summed E-state index contributed by atoms with van der Waals surface area (Å²) in [6.07, 6.45) is 2.33. The molecule has 0 bridgehead atoms. The minimum atomic E-state index is -0.946. The average Bonchev–Trinajstić information content (AvgIpc) is 2.55. The third-order valence-corrected chi connectivity index (χ3v) is 4.95. The number of hydrogen-bond donors (Lipinski definition) is 1. The standard InChI is InChI=1S/C17H21NO4S/c1-12-6-5-9-14(16(20)21)18(12)15(19)10-11-23-17(22)13-7-3-2-4-8-13/h2-4,7-8,12,14H,5-6,9-11H2,1H3,(H,20,21)/t12-,14+/m1/s1. The summed E-state index contributed by atoms with van der Waals surface area (Å²) in [7, 11) is 0. The molecule has 1 N–H and O–H groups in total. The number of nitrogens with zero attached hydrogens (tertiary/aromatic N) is 1. The fourth-order valence-electron chi connectivity index (χ4n) is 2.87. The number of likely N-dealkylation sites (tertiary alicyclic amines) is 1. The van der Waals surface area contributed by atoms with Gasteiger partial charge in [-0.2, -0.15) is 0 Å². The smallest absolute Gasteiger partial charge is 0.326 e. The summed E-state index contributed by atoms with van der Waals surface area (Å²) >= 11 is 1.10. The van der Waals surface area contributed by atoms with Crippen LogP contribution in [0, 0.1) is 0 Å². The Labute approximate surface area is 140 Å². The van der Waals surface area contributed by atoms with Crippen LogP contribution in [0.2, 0.25) is 0 Å². The summed E-state index contributed by atoms with van der Waals surface area (Å²) in [6, 6.07) is 8.12. The Bertz CT molecular complexity index is 575. The molecule has 0 spiro atoms. The maximum atomic E-state index is 12.4. The molecule has 0 radical (unpaired) electrons. The van der Waals surface area contributed by atoms with Crippen LogP contribution in [0.5, 0.6) is 0 Å². The highest BCUT2D eigenvalue weighted by Crippen LogP contribution is 2.24. The average molecular weight is 335 g/mol. The Balaban J connectivity index is 1.88. The number of carboxylic acid groups (broad SMARTS) is 1. The highest BCUT2D eigenvalue weighted by Gasteiger charge is 2.35. The third-order valence-electron chi connectivity index (χ3n) is 4.04. The molecule has 6 heteroatoms. The van der Waals surface area contributed by atoms with Crippen LogP contribution in [0.4, 0.5) is 0 Å². The number of aliphatic carboxylic acids is 1. The molecule has 2 rings (SSSR count). The Morgan fingerprint density at radius 1 is 1.22 bits per heavy atom. The van der Waals surface area contributed by atoms with Crippen molar-refractivity contribution in [3.63, 3.8) is 0 Å². The van der Waals surface area contributed by atoms with Gasteiger partial charge in [0.1, 0.15) is 6.04 Å². The van der Waals surface area contributed by atoms with Crippen LogP contribution < -0.4 is 0 Å². The molecule has 1 aliphatic rings. The molecule has 1 saturated heterocycles. The molecule has 124 valence electrons. The van der Waals surface area contributed by atoms with Crippen molar-refractivity contribution < 1.29 is 19.5 Å². The minimum Gasteiger partial charge on any atom is -0.480 e. The van der Waals surface area contributed by atoms with Crippen molar-refractivity contribution in [3.8, 4) is 0 Å². The highest BCUT2D eigenvalue weighted by molar-refractivity contribution is 8.14. The molecule has 0 unspecified atom stereocenters. The Morgan fingerprint density at radius 2 is 1.91 bits per heavy atom. The van der Waals surface area contributed by atoms with Gasteiger partial charge in [-0.3, -0.25) is 9.59 Å². The summed E-state index contributed by atoms with van der Waals surface area (Å²) in [5.41, 5.74) is 0.611. The minimum absolute atomic E-state index is 0.0628. The Kier molecular flexibility index (Phi) is 6.21. The van der Waals surface area contributed by atoms with E-state index in [9.17, 15) is 19.5 Å². The summed E-state index contributed by atoms with van der Waals surface area (Å²) in [5.74, 6) is -0.766. The SMILES string of the molecule is C[C@@H]1CCC[C@@H](C(=O)O)N1C(=O)CCSC(=O)c1ccccc1. The maximum Gasteiger partial charge on any atom is 0.326 e. The molecule has 2 atom stereocenters. The van der Waals surface area contributed by atoms with Crippen molar-refractivity contribution in [1.82, 2.24) is 4.90 Å². The van der Waals surface area contributed by atoms with Gasteiger partial charge in [-0.25, -0.2) is 4.79 Å². The summed E-state index contributed by atoms with van der Waals surface area (Å²) < 4.78 is 0. The van der Waals surface area contributed by atoms with Gasteiger partial charge in [-0.15, -0.1) is 0 Å². The van der Waals surface area contributed by atoms with Gasteiger partial charge in [0, 0.05) is 23.8 Å². The van der Waals surface area contributed by atoms with E-state index >= 15 is 0 Å². The molecule has 23 heavy (non-hydrogen) atoms. The molecule has 0 aliphatic carbocycles. The molecule has 1 amide bonds. The van der Waals surface area contributed by atoms with E-state index in [0.717, 1.165) is 24.6 Å². The number of piperidine rings is 1. The fraction of sp³-hybridized carbons (Fsp3) is 0.471. The molecule has 1 aliphatic heterocycles. The predicted octanol–water partition coefficient (Wildman–Crippen LogP) is 2.80. The van der Waals surface area contributed by atoms with Gasteiger partial charge in [0.05, 0.1) is 0 Å². The van der Waals surface area contributed by atoms with Crippen molar-refractivity contribution in [3.05, 3.63) is 35.9 Å². The van der Waals surface area contributed by atoms with Crippen LogP contribution >= 0.6 is 11.8 Å². The van der Waals surface area contributed by atoms with Crippen molar-refractivity contribution in [2.75, 3.05) is 5.75 Å². The molecule has 1 fully saturated rings. The predicted molar refractivity (Wildman–Crippen MR) is 89.4 cm³/mol. The van der Waals surface area contributed by atoms with E-state index in [4.69, 9.17) is 0 Å². The molecule has 5 nitrogen and oxygen atoms in total. The summed E-state index contributed by atoms with van der Waals surface area (Å²) in [5, 5.41) is 9.21. The number of amides is 1. The highest BCUT2D eigenvalue weighted by atomic mass is 32.2. The number of carbonyl (C=O) groups is 3. The largest absolute Gasteiger partial charge is 0.480 e. The van der Waals surface area contributed by atoms with Gasteiger partial charge in [0.15, 0.2) is 0 Å². The van der Waals surface area contributed by atoms with Crippen molar-refractivity contribution >= 4 is 28.8 Å². The Morgan fingerprint density at radius 3 is 2.57 bits per heavy atom. The lowest BCUT2D eigenvalue weighted by Crippen LogP contribution is -2.52. The first kappa shape index (κ1) is 17.5. The molecule has 1 heterocycles. The van der Waals surface area contributed by atoms with Gasteiger partial charge in [-0.1, -0.05) is 42.1 Å². The first-order valence-corrected chi connectivity index (χ1v) is 8.75. The first-order chi connectivity index (χ1) is 11.0. The zero-order valence-electron chi connectivity index (χ0n) is 13.1. The molecule has 1 aromatic rings. The van der Waals surface area contributed by atoms with E-state index < -0.39 is 12.0 Å². The zero-order chi connectivity index (χ0) is 16.8. The van der Waals surface area contributed by atoms with E-state index in [1.165, 1.54) is 4.90 Å². The number of thioether (sulfide) groups is 1.